The van der Waals surface area contributed by atoms with Gasteiger partial charge in [0, 0.05) is 42.9 Å². The summed E-state index contributed by atoms with van der Waals surface area (Å²) in [6.45, 7) is 4.93. The summed E-state index contributed by atoms with van der Waals surface area (Å²) in [6.07, 6.45) is 21.6. The molecule has 2 heterocycles. The van der Waals surface area contributed by atoms with E-state index in [-0.39, 0.29) is 12.6 Å². The van der Waals surface area contributed by atoms with Crippen LogP contribution in [0.3, 0.4) is 0 Å². The van der Waals surface area contributed by atoms with E-state index in [1.54, 1.807) is 0 Å². The molecule has 3 aromatic rings. The number of rotatable bonds is 20. The molecule has 4 nitrogen and oxygen atoms in total. The lowest BCUT2D eigenvalue weighted by Crippen LogP contribution is -2.45. The van der Waals surface area contributed by atoms with Crippen molar-refractivity contribution in [1.29, 1.82) is 0 Å². The highest BCUT2D eigenvalue weighted by atomic mass is 19.1. The molecular formula is C35H50FN3O+2. The number of carbonyl (C=O) groups is 1. The molecule has 1 amide bonds. The summed E-state index contributed by atoms with van der Waals surface area (Å²) in [5.41, 5.74) is 3.59. The van der Waals surface area contributed by atoms with Gasteiger partial charge in [-0.15, -0.1) is 0 Å². The summed E-state index contributed by atoms with van der Waals surface area (Å²) in [5, 5.41) is 0. The maximum atomic E-state index is 13.3. The van der Waals surface area contributed by atoms with Gasteiger partial charge in [-0.05, 0) is 30.4 Å². The van der Waals surface area contributed by atoms with Crippen molar-refractivity contribution in [3.63, 3.8) is 0 Å². The Bertz CT molecular complexity index is 1070. The highest BCUT2D eigenvalue weighted by Gasteiger charge is 2.18. The summed E-state index contributed by atoms with van der Waals surface area (Å²) in [6, 6.07) is 19.0. The molecular weight excluding hydrogens is 497 g/mol. The van der Waals surface area contributed by atoms with Crippen LogP contribution in [0, 0.1) is 0 Å². The van der Waals surface area contributed by atoms with E-state index >= 15 is 0 Å². The highest BCUT2D eigenvalue weighted by molar-refractivity contribution is 5.74. The molecule has 0 unspecified atom stereocenters. The molecule has 0 aliphatic rings. The number of hydrogen-bond acceptors (Lipinski definition) is 1. The predicted molar refractivity (Wildman–Crippen MR) is 161 cm³/mol. The molecule has 0 N–H and O–H groups in total. The van der Waals surface area contributed by atoms with Crippen LogP contribution in [0.25, 0.3) is 11.1 Å². The van der Waals surface area contributed by atoms with Gasteiger partial charge in [0.15, 0.2) is 31.3 Å². The first-order chi connectivity index (χ1) is 19.7. The van der Waals surface area contributed by atoms with E-state index in [2.05, 4.69) is 77.3 Å². The highest BCUT2D eigenvalue weighted by Crippen LogP contribution is 2.16. The van der Waals surface area contributed by atoms with Gasteiger partial charge in [0.1, 0.15) is 0 Å². The minimum atomic E-state index is -0.209. The van der Waals surface area contributed by atoms with Crippen molar-refractivity contribution < 1.29 is 18.3 Å². The first kappa shape index (κ1) is 31.4. The van der Waals surface area contributed by atoms with E-state index in [9.17, 15) is 9.18 Å². The molecule has 0 saturated carbocycles. The second kappa shape index (κ2) is 19.1. The topological polar surface area (TPSA) is 28.1 Å². The molecule has 40 heavy (non-hydrogen) atoms. The third-order valence-electron chi connectivity index (χ3n) is 7.59. The number of alkyl halides is 1. The lowest BCUT2D eigenvalue weighted by atomic mass is 10.1. The minimum absolute atomic E-state index is 0.199. The van der Waals surface area contributed by atoms with Gasteiger partial charge in [-0.1, -0.05) is 95.0 Å². The summed E-state index contributed by atoms with van der Waals surface area (Å²) in [5.74, 6) is 0.199. The fourth-order valence-electron chi connectivity index (χ4n) is 5.11. The van der Waals surface area contributed by atoms with Gasteiger partial charge in [-0.25, -0.2) is 4.57 Å². The van der Waals surface area contributed by atoms with Crippen LogP contribution < -0.4 is 9.13 Å². The van der Waals surface area contributed by atoms with Crippen LogP contribution in [0.4, 0.5) is 4.39 Å². The summed E-state index contributed by atoms with van der Waals surface area (Å²) >= 11 is 0. The Hall–Kier alpha value is -3.08. The van der Waals surface area contributed by atoms with E-state index < -0.39 is 0 Å². The molecule has 0 atom stereocenters. The van der Waals surface area contributed by atoms with Crippen molar-refractivity contribution >= 4 is 5.91 Å². The zero-order valence-corrected chi connectivity index (χ0v) is 24.7. The number of halogens is 1. The molecule has 1 aromatic carbocycles. The van der Waals surface area contributed by atoms with Crippen LogP contribution in [0.1, 0.15) is 89.5 Å². The molecule has 3 rings (SSSR count). The average molecular weight is 548 g/mol. The van der Waals surface area contributed by atoms with Gasteiger partial charge in [0.2, 0.25) is 6.54 Å². The number of nitrogens with zero attached hydrogens (tertiary/aromatic N) is 3. The third-order valence-corrected chi connectivity index (χ3v) is 7.59. The van der Waals surface area contributed by atoms with Crippen molar-refractivity contribution in [3.8, 4) is 11.1 Å². The van der Waals surface area contributed by atoms with E-state index in [0.717, 1.165) is 63.7 Å². The third kappa shape index (κ3) is 12.0. The number of aromatic nitrogens is 2. The molecule has 0 bridgehead atoms. The maximum absolute atomic E-state index is 13.3. The van der Waals surface area contributed by atoms with E-state index in [1.165, 1.54) is 43.2 Å². The lowest BCUT2D eigenvalue weighted by Gasteiger charge is -2.21. The normalized spacial score (nSPS) is 11.1. The number of hydrogen-bond donors (Lipinski definition) is 0. The predicted octanol–water partition coefficient (Wildman–Crippen LogP) is 7.48. The van der Waals surface area contributed by atoms with Crippen molar-refractivity contribution in [1.82, 2.24) is 4.90 Å². The molecule has 0 aliphatic heterocycles. The van der Waals surface area contributed by atoms with Gasteiger partial charge in [0.05, 0.1) is 6.67 Å². The van der Waals surface area contributed by atoms with Gasteiger partial charge in [-0.2, -0.15) is 4.57 Å². The Labute approximate surface area is 241 Å². The molecule has 0 aliphatic carbocycles. The van der Waals surface area contributed by atoms with Crippen LogP contribution in [0.2, 0.25) is 0 Å². The summed E-state index contributed by atoms with van der Waals surface area (Å²) in [4.78, 5) is 15.4. The van der Waals surface area contributed by atoms with Crippen molar-refractivity contribution in [2.45, 2.75) is 97.1 Å². The van der Waals surface area contributed by atoms with E-state index in [1.807, 2.05) is 23.0 Å². The smallest absolute Gasteiger partial charge is 0.288 e. The molecule has 0 fully saturated rings. The lowest BCUT2D eigenvalue weighted by molar-refractivity contribution is -0.688. The van der Waals surface area contributed by atoms with Gasteiger partial charge < -0.3 is 4.90 Å². The van der Waals surface area contributed by atoms with Gasteiger partial charge in [-0.3, -0.25) is 9.18 Å². The number of unbranched alkanes of at least 4 members (excludes halogenated alkanes) is 10. The summed E-state index contributed by atoms with van der Waals surface area (Å²) in [7, 11) is 0. The second-order valence-corrected chi connectivity index (χ2v) is 11.0. The van der Waals surface area contributed by atoms with Crippen molar-refractivity contribution in [2.24, 2.45) is 0 Å². The largest absolute Gasteiger partial charge is 0.337 e. The fourth-order valence-corrected chi connectivity index (χ4v) is 5.11. The quantitative estimate of drug-likeness (QED) is 0.106. The van der Waals surface area contributed by atoms with Crippen LogP contribution in [0.15, 0.2) is 79.4 Å². The SMILES string of the molecule is CCCCCCCCN(CCCCCCCCF)C(=O)C[n+]1ccc(-c2cc[n+](Cc3ccccc3)cc2)cc1. The van der Waals surface area contributed by atoms with E-state index in [0.29, 0.717) is 13.0 Å². The maximum Gasteiger partial charge on any atom is 0.288 e. The van der Waals surface area contributed by atoms with Crippen LogP contribution >= 0.6 is 0 Å². The zero-order chi connectivity index (χ0) is 28.3. The average Bonchev–Trinajstić information content (AvgIpc) is 2.98. The first-order valence-corrected chi connectivity index (χ1v) is 15.6. The van der Waals surface area contributed by atoms with Crippen molar-refractivity contribution in [3.05, 3.63) is 84.9 Å². The van der Waals surface area contributed by atoms with Gasteiger partial charge in [0.25, 0.3) is 5.91 Å². The summed E-state index contributed by atoms with van der Waals surface area (Å²) < 4.78 is 16.5. The monoisotopic (exact) mass is 547 g/mol. The van der Waals surface area contributed by atoms with Crippen LogP contribution in [0.5, 0.6) is 0 Å². The Kier molecular flexibility index (Phi) is 15.0. The Balaban J connectivity index is 1.50. The van der Waals surface area contributed by atoms with Crippen LogP contribution in [-0.2, 0) is 17.9 Å². The first-order valence-electron chi connectivity index (χ1n) is 15.6. The molecule has 0 saturated heterocycles. The molecule has 0 spiro atoms. The number of benzene rings is 1. The minimum Gasteiger partial charge on any atom is -0.337 e. The molecule has 0 radical (unpaired) electrons. The molecule has 216 valence electrons. The van der Waals surface area contributed by atoms with E-state index in [4.69, 9.17) is 0 Å². The molecule has 2 aromatic heterocycles. The Morgan fingerprint density at radius 3 is 1.70 bits per heavy atom. The van der Waals surface area contributed by atoms with Gasteiger partial charge >= 0.3 is 0 Å². The number of amides is 1. The van der Waals surface area contributed by atoms with Crippen molar-refractivity contribution in [2.75, 3.05) is 19.8 Å². The fraction of sp³-hybridized carbons (Fsp3) is 0.514. The number of carbonyl (C=O) groups excluding carboxylic acids is 1. The Morgan fingerprint density at radius 2 is 1.15 bits per heavy atom. The zero-order valence-electron chi connectivity index (χ0n) is 24.7. The Morgan fingerprint density at radius 1 is 0.650 bits per heavy atom. The second-order valence-electron chi connectivity index (χ2n) is 11.0. The standard InChI is InChI=1S/C35H50FN3O/c1-2-3-4-5-9-15-24-39(25-16-10-7-6-8-14-23-36)35(40)31-38-28-21-34(22-29-38)33-19-26-37(27-20-33)30-32-17-12-11-13-18-32/h11-13,17-22,26-29H,2-10,14-16,23-25,30-31H2,1H3/q+2. The van der Waals surface area contributed by atoms with Crippen LogP contribution in [-0.4, -0.2) is 30.6 Å². The molecule has 5 heteroatoms. The number of pyridine rings is 2.